The number of hydrogen-bond donors (Lipinski definition) is 1. The van der Waals surface area contributed by atoms with Gasteiger partial charge in [0.1, 0.15) is 5.76 Å². The van der Waals surface area contributed by atoms with Crippen molar-refractivity contribution < 1.29 is 9.15 Å². The summed E-state index contributed by atoms with van der Waals surface area (Å²) in [5.41, 5.74) is 2.48. The van der Waals surface area contributed by atoms with E-state index in [4.69, 9.17) is 9.15 Å². The van der Waals surface area contributed by atoms with Crippen LogP contribution in [0.1, 0.15) is 29.9 Å². The monoisotopic (exact) mass is 245 g/mol. The van der Waals surface area contributed by atoms with Crippen molar-refractivity contribution in [2.24, 2.45) is 0 Å². The standard InChI is InChI=1S/C15H19NO2/c1-12(15-8-5-9-18-15)16-10-13-6-3-4-7-14(13)11-17-2/h3-9,12,16H,10-11H2,1-2H3/t12-/m1/s1. The third kappa shape index (κ3) is 3.22. The van der Waals surface area contributed by atoms with Crippen molar-refractivity contribution >= 4 is 0 Å². The largest absolute Gasteiger partial charge is 0.468 e. The summed E-state index contributed by atoms with van der Waals surface area (Å²) in [6.45, 7) is 3.55. The predicted molar refractivity (Wildman–Crippen MR) is 71.1 cm³/mol. The summed E-state index contributed by atoms with van der Waals surface area (Å²) in [6.07, 6.45) is 1.70. The molecule has 0 bridgehead atoms. The van der Waals surface area contributed by atoms with Crippen molar-refractivity contribution in [1.82, 2.24) is 5.32 Å². The van der Waals surface area contributed by atoms with E-state index in [1.165, 1.54) is 11.1 Å². The lowest BCUT2D eigenvalue weighted by Crippen LogP contribution is -2.18. The van der Waals surface area contributed by atoms with Crippen molar-refractivity contribution in [2.45, 2.75) is 26.1 Å². The average molecular weight is 245 g/mol. The van der Waals surface area contributed by atoms with E-state index in [0.29, 0.717) is 6.61 Å². The number of methoxy groups -OCH3 is 1. The van der Waals surface area contributed by atoms with Crippen molar-refractivity contribution in [3.8, 4) is 0 Å². The van der Waals surface area contributed by atoms with Gasteiger partial charge in [0.25, 0.3) is 0 Å². The van der Waals surface area contributed by atoms with E-state index in [9.17, 15) is 0 Å². The second-order valence-corrected chi connectivity index (χ2v) is 4.32. The average Bonchev–Trinajstić information content (AvgIpc) is 2.92. The summed E-state index contributed by atoms with van der Waals surface area (Å²) in [5, 5.41) is 3.45. The van der Waals surface area contributed by atoms with Crippen LogP contribution in [0.25, 0.3) is 0 Å². The van der Waals surface area contributed by atoms with Crippen LogP contribution >= 0.6 is 0 Å². The fourth-order valence-electron chi connectivity index (χ4n) is 1.93. The Morgan fingerprint density at radius 2 is 1.94 bits per heavy atom. The van der Waals surface area contributed by atoms with E-state index in [2.05, 4.69) is 24.4 Å². The molecule has 0 amide bonds. The van der Waals surface area contributed by atoms with Gasteiger partial charge < -0.3 is 14.5 Å². The molecule has 96 valence electrons. The van der Waals surface area contributed by atoms with Gasteiger partial charge in [-0.25, -0.2) is 0 Å². The van der Waals surface area contributed by atoms with Crippen LogP contribution in [0.2, 0.25) is 0 Å². The second kappa shape index (κ2) is 6.38. The first-order valence-corrected chi connectivity index (χ1v) is 6.13. The Kier molecular flexibility index (Phi) is 4.56. The summed E-state index contributed by atoms with van der Waals surface area (Å²) in [7, 11) is 1.72. The van der Waals surface area contributed by atoms with Crippen LogP contribution in [-0.2, 0) is 17.9 Å². The molecule has 0 aliphatic carbocycles. The van der Waals surface area contributed by atoms with Crippen molar-refractivity contribution in [2.75, 3.05) is 7.11 Å². The first kappa shape index (κ1) is 12.9. The Hall–Kier alpha value is -1.58. The van der Waals surface area contributed by atoms with Crippen LogP contribution in [0.15, 0.2) is 47.1 Å². The highest BCUT2D eigenvalue weighted by Crippen LogP contribution is 2.15. The van der Waals surface area contributed by atoms with E-state index in [0.717, 1.165) is 12.3 Å². The zero-order valence-electron chi connectivity index (χ0n) is 10.8. The molecule has 3 heteroatoms. The van der Waals surface area contributed by atoms with Gasteiger partial charge in [0.2, 0.25) is 0 Å². The third-order valence-corrected chi connectivity index (χ3v) is 2.99. The molecule has 2 aromatic rings. The first-order chi connectivity index (χ1) is 8.81. The summed E-state index contributed by atoms with van der Waals surface area (Å²) in [6, 6.07) is 12.4. The Morgan fingerprint density at radius 3 is 2.61 bits per heavy atom. The molecule has 0 fully saturated rings. The quantitative estimate of drug-likeness (QED) is 0.848. The molecule has 1 aromatic heterocycles. The minimum Gasteiger partial charge on any atom is -0.468 e. The van der Waals surface area contributed by atoms with Crippen molar-refractivity contribution in [3.63, 3.8) is 0 Å². The number of furan rings is 1. The smallest absolute Gasteiger partial charge is 0.120 e. The summed E-state index contributed by atoms with van der Waals surface area (Å²) in [5.74, 6) is 0.958. The summed E-state index contributed by atoms with van der Waals surface area (Å²) in [4.78, 5) is 0. The summed E-state index contributed by atoms with van der Waals surface area (Å²) < 4.78 is 10.6. The van der Waals surface area contributed by atoms with Gasteiger partial charge in [-0.15, -0.1) is 0 Å². The first-order valence-electron chi connectivity index (χ1n) is 6.13. The fraction of sp³-hybridized carbons (Fsp3) is 0.333. The lowest BCUT2D eigenvalue weighted by molar-refractivity contribution is 0.184. The van der Waals surface area contributed by atoms with Crippen LogP contribution < -0.4 is 5.32 Å². The third-order valence-electron chi connectivity index (χ3n) is 2.99. The molecule has 1 atom stereocenters. The van der Waals surface area contributed by atoms with Crippen LogP contribution in [0, 0.1) is 0 Å². The second-order valence-electron chi connectivity index (χ2n) is 4.32. The number of benzene rings is 1. The lowest BCUT2D eigenvalue weighted by atomic mass is 10.1. The zero-order valence-corrected chi connectivity index (χ0v) is 10.8. The molecule has 3 nitrogen and oxygen atoms in total. The topological polar surface area (TPSA) is 34.4 Å². The molecule has 1 heterocycles. The highest BCUT2D eigenvalue weighted by atomic mass is 16.5. The highest BCUT2D eigenvalue weighted by Gasteiger charge is 2.08. The van der Waals surface area contributed by atoms with Crippen molar-refractivity contribution in [1.29, 1.82) is 0 Å². The molecule has 0 unspecified atom stereocenters. The molecule has 0 aliphatic rings. The van der Waals surface area contributed by atoms with E-state index in [1.807, 2.05) is 24.3 Å². The lowest BCUT2D eigenvalue weighted by Gasteiger charge is -2.13. The van der Waals surface area contributed by atoms with Gasteiger partial charge in [0.15, 0.2) is 0 Å². The van der Waals surface area contributed by atoms with Crippen molar-refractivity contribution in [3.05, 3.63) is 59.5 Å². The number of rotatable bonds is 6. The normalized spacial score (nSPS) is 12.6. The van der Waals surface area contributed by atoms with E-state index in [-0.39, 0.29) is 6.04 Å². The Balaban J connectivity index is 1.97. The maximum absolute atomic E-state index is 5.37. The summed E-state index contributed by atoms with van der Waals surface area (Å²) >= 11 is 0. The van der Waals surface area contributed by atoms with Gasteiger partial charge in [0, 0.05) is 13.7 Å². The highest BCUT2D eigenvalue weighted by molar-refractivity contribution is 5.26. The SMILES string of the molecule is COCc1ccccc1CN[C@H](C)c1ccco1. The molecule has 1 aromatic carbocycles. The number of nitrogens with one attached hydrogen (secondary N) is 1. The van der Waals surface area contributed by atoms with E-state index < -0.39 is 0 Å². The van der Waals surface area contributed by atoms with Gasteiger partial charge in [-0.2, -0.15) is 0 Å². The minimum atomic E-state index is 0.204. The Morgan fingerprint density at radius 1 is 1.17 bits per heavy atom. The molecule has 2 rings (SSSR count). The van der Waals surface area contributed by atoms with Gasteiger partial charge in [-0.3, -0.25) is 0 Å². The van der Waals surface area contributed by atoms with Crippen LogP contribution in [0.3, 0.4) is 0 Å². The molecule has 0 spiro atoms. The molecule has 0 saturated carbocycles. The molecule has 0 saturated heterocycles. The minimum absolute atomic E-state index is 0.204. The maximum Gasteiger partial charge on any atom is 0.120 e. The molecule has 0 aliphatic heterocycles. The number of ether oxygens (including phenoxy) is 1. The number of hydrogen-bond acceptors (Lipinski definition) is 3. The van der Waals surface area contributed by atoms with E-state index in [1.54, 1.807) is 13.4 Å². The molecule has 1 N–H and O–H groups in total. The van der Waals surface area contributed by atoms with E-state index >= 15 is 0 Å². The molecule has 18 heavy (non-hydrogen) atoms. The van der Waals surface area contributed by atoms with Crippen LogP contribution in [-0.4, -0.2) is 7.11 Å². The van der Waals surface area contributed by atoms with Crippen LogP contribution in [0.5, 0.6) is 0 Å². The molecular weight excluding hydrogens is 226 g/mol. The predicted octanol–water partition coefficient (Wildman–Crippen LogP) is 3.28. The maximum atomic E-state index is 5.37. The Bertz CT molecular complexity index is 465. The fourth-order valence-corrected chi connectivity index (χ4v) is 1.93. The van der Waals surface area contributed by atoms with Gasteiger partial charge in [0.05, 0.1) is 18.9 Å². The van der Waals surface area contributed by atoms with Gasteiger partial charge >= 0.3 is 0 Å². The molecule has 0 radical (unpaired) electrons. The molecular formula is C15H19NO2. The zero-order chi connectivity index (χ0) is 12.8. The van der Waals surface area contributed by atoms with Gasteiger partial charge in [-0.1, -0.05) is 24.3 Å². The van der Waals surface area contributed by atoms with Gasteiger partial charge in [-0.05, 0) is 30.2 Å². The Labute approximate surface area is 108 Å². The van der Waals surface area contributed by atoms with Crippen LogP contribution in [0.4, 0.5) is 0 Å².